The molecule has 2 rings (SSSR count). The molecule has 0 aliphatic heterocycles. The van der Waals surface area contributed by atoms with Crippen molar-refractivity contribution in [2.75, 3.05) is 17.6 Å². The van der Waals surface area contributed by atoms with Gasteiger partial charge in [-0.2, -0.15) is 0 Å². The SMILES string of the molecule is Nc1cc(F)c(Cl)cc1NCC1CCC(O)CC1. The van der Waals surface area contributed by atoms with E-state index in [1.165, 1.54) is 12.1 Å². The van der Waals surface area contributed by atoms with Crippen molar-refractivity contribution in [3.05, 3.63) is 23.0 Å². The van der Waals surface area contributed by atoms with Crippen LogP contribution in [0.3, 0.4) is 0 Å². The van der Waals surface area contributed by atoms with E-state index in [-0.39, 0.29) is 11.1 Å². The van der Waals surface area contributed by atoms with Crippen LogP contribution in [-0.4, -0.2) is 17.8 Å². The van der Waals surface area contributed by atoms with Crippen molar-refractivity contribution in [1.82, 2.24) is 0 Å². The van der Waals surface area contributed by atoms with Crippen LogP contribution in [-0.2, 0) is 0 Å². The number of aliphatic hydroxyl groups excluding tert-OH is 1. The molecule has 1 fully saturated rings. The molecule has 0 bridgehead atoms. The van der Waals surface area contributed by atoms with E-state index in [1.54, 1.807) is 0 Å². The quantitative estimate of drug-likeness (QED) is 0.742. The van der Waals surface area contributed by atoms with Crippen LogP contribution in [0.25, 0.3) is 0 Å². The number of aliphatic hydroxyl groups is 1. The molecule has 18 heavy (non-hydrogen) atoms. The van der Waals surface area contributed by atoms with Gasteiger partial charge in [-0.05, 0) is 37.7 Å². The maximum atomic E-state index is 13.1. The van der Waals surface area contributed by atoms with Gasteiger partial charge in [0.25, 0.3) is 0 Å². The third kappa shape index (κ3) is 3.27. The predicted molar refractivity (Wildman–Crippen MR) is 72.3 cm³/mol. The number of nitrogen functional groups attached to an aromatic ring is 1. The van der Waals surface area contributed by atoms with E-state index in [0.29, 0.717) is 17.3 Å². The zero-order valence-corrected chi connectivity index (χ0v) is 10.9. The summed E-state index contributed by atoms with van der Waals surface area (Å²) in [6, 6.07) is 2.75. The fourth-order valence-electron chi connectivity index (χ4n) is 2.32. The van der Waals surface area contributed by atoms with E-state index >= 15 is 0 Å². The molecule has 1 aliphatic rings. The molecule has 5 heteroatoms. The summed E-state index contributed by atoms with van der Waals surface area (Å²) in [7, 11) is 0. The van der Waals surface area contributed by atoms with Gasteiger partial charge in [0.1, 0.15) is 5.82 Å². The standard InChI is InChI=1S/C13H18ClFN2O/c14-10-5-13(12(16)6-11(10)15)17-7-8-1-3-9(18)4-2-8/h5-6,8-9,17-18H,1-4,7,16H2. The summed E-state index contributed by atoms with van der Waals surface area (Å²) in [5, 5.41) is 12.7. The highest BCUT2D eigenvalue weighted by Crippen LogP contribution is 2.28. The minimum Gasteiger partial charge on any atom is -0.397 e. The molecule has 1 aliphatic carbocycles. The molecule has 0 atom stereocenters. The van der Waals surface area contributed by atoms with E-state index in [2.05, 4.69) is 5.32 Å². The first kappa shape index (κ1) is 13.4. The average Bonchev–Trinajstić information content (AvgIpc) is 2.34. The average molecular weight is 273 g/mol. The van der Waals surface area contributed by atoms with E-state index in [1.807, 2.05) is 0 Å². The van der Waals surface area contributed by atoms with Crippen LogP contribution in [0, 0.1) is 11.7 Å². The number of anilines is 2. The van der Waals surface area contributed by atoms with Crippen molar-refractivity contribution in [3.8, 4) is 0 Å². The zero-order chi connectivity index (χ0) is 13.1. The van der Waals surface area contributed by atoms with Gasteiger partial charge in [0.05, 0.1) is 22.5 Å². The molecular weight excluding hydrogens is 255 g/mol. The smallest absolute Gasteiger partial charge is 0.143 e. The van der Waals surface area contributed by atoms with Crippen LogP contribution in [0.1, 0.15) is 25.7 Å². The Morgan fingerprint density at radius 2 is 2.00 bits per heavy atom. The second-order valence-electron chi connectivity index (χ2n) is 4.91. The van der Waals surface area contributed by atoms with Crippen molar-refractivity contribution in [1.29, 1.82) is 0 Å². The summed E-state index contributed by atoms with van der Waals surface area (Å²) >= 11 is 5.72. The highest BCUT2D eigenvalue weighted by atomic mass is 35.5. The molecule has 1 aromatic rings. The van der Waals surface area contributed by atoms with Gasteiger partial charge in [-0.1, -0.05) is 11.6 Å². The highest BCUT2D eigenvalue weighted by molar-refractivity contribution is 6.31. The second-order valence-corrected chi connectivity index (χ2v) is 5.32. The van der Waals surface area contributed by atoms with Gasteiger partial charge in [-0.15, -0.1) is 0 Å². The van der Waals surface area contributed by atoms with E-state index < -0.39 is 5.82 Å². The number of hydrogen-bond donors (Lipinski definition) is 3. The van der Waals surface area contributed by atoms with Crippen molar-refractivity contribution in [2.45, 2.75) is 31.8 Å². The molecule has 0 unspecified atom stereocenters. The van der Waals surface area contributed by atoms with Crippen molar-refractivity contribution in [3.63, 3.8) is 0 Å². The Bertz CT molecular complexity index is 420. The van der Waals surface area contributed by atoms with Crippen LogP contribution in [0.15, 0.2) is 12.1 Å². The fraction of sp³-hybridized carbons (Fsp3) is 0.538. The third-order valence-electron chi connectivity index (χ3n) is 3.49. The summed E-state index contributed by atoms with van der Waals surface area (Å²) in [4.78, 5) is 0. The molecule has 100 valence electrons. The summed E-state index contributed by atoms with van der Waals surface area (Å²) in [6.07, 6.45) is 3.57. The van der Waals surface area contributed by atoms with Gasteiger partial charge in [-0.3, -0.25) is 0 Å². The fourth-order valence-corrected chi connectivity index (χ4v) is 2.48. The Morgan fingerprint density at radius 1 is 1.33 bits per heavy atom. The van der Waals surface area contributed by atoms with Gasteiger partial charge in [0.2, 0.25) is 0 Å². The topological polar surface area (TPSA) is 58.3 Å². The normalized spacial score (nSPS) is 23.9. The predicted octanol–water partition coefficient (Wildman–Crippen LogP) is 3.02. The van der Waals surface area contributed by atoms with E-state index in [0.717, 1.165) is 32.2 Å². The molecule has 4 N–H and O–H groups in total. The largest absolute Gasteiger partial charge is 0.397 e. The summed E-state index contributed by atoms with van der Waals surface area (Å²) in [5.41, 5.74) is 6.77. The van der Waals surface area contributed by atoms with E-state index in [4.69, 9.17) is 17.3 Å². The molecule has 0 spiro atoms. The molecule has 0 saturated heterocycles. The van der Waals surface area contributed by atoms with Crippen molar-refractivity contribution >= 4 is 23.0 Å². The first-order chi connectivity index (χ1) is 8.56. The number of nitrogens with two attached hydrogens (primary N) is 1. The van der Waals surface area contributed by atoms with Crippen LogP contribution in [0.2, 0.25) is 5.02 Å². The molecule has 0 amide bonds. The van der Waals surface area contributed by atoms with Crippen LogP contribution >= 0.6 is 11.6 Å². The Labute approximate surface area is 111 Å². The summed E-state index contributed by atoms with van der Waals surface area (Å²) in [6.45, 7) is 0.777. The number of halogens is 2. The number of benzene rings is 1. The molecule has 3 nitrogen and oxygen atoms in total. The van der Waals surface area contributed by atoms with Crippen molar-refractivity contribution in [2.24, 2.45) is 5.92 Å². The highest BCUT2D eigenvalue weighted by Gasteiger charge is 2.19. The lowest BCUT2D eigenvalue weighted by atomic mass is 9.87. The molecule has 1 aromatic carbocycles. The summed E-state index contributed by atoms with van der Waals surface area (Å²) in [5.74, 6) is 0.0251. The monoisotopic (exact) mass is 272 g/mol. The zero-order valence-electron chi connectivity index (χ0n) is 10.1. The third-order valence-corrected chi connectivity index (χ3v) is 3.78. The lowest BCUT2D eigenvalue weighted by molar-refractivity contribution is 0.111. The molecule has 0 heterocycles. The lowest BCUT2D eigenvalue weighted by Gasteiger charge is -2.26. The Hall–Kier alpha value is -1.00. The van der Waals surface area contributed by atoms with Gasteiger partial charge in [0, 0.05) is 12.6 Å². The molecule has 0 radical (unpaired) electrons. The second kappa shape index (κ2) is 5.76. The number of hydrogen-bond acceptors (Lipinski definition) is 3. The maximum Gasteiger partial charge on any atom is 0.143 e. The molecule has 0 aromatic heterocycles. The minimum absolute atomic E-state index is 0.0748. The minimum atomic E-state index is -0.500. The van der Waals surface area contributed by atoms with Gasteiger partial charge < -0.3 is 16.2 Å². The van der Waals surface area contributed by atoms with Gasteiger partial charge in [0.15, 0.2) is 0 Å². The Balaban J connectivity index is 1.92. The molecular formula is C13H18ClFN2O. The Morgan fingerprint density at radius 3 is 2.67 bits per heavy atom. The number of rotatable bonds is 3. The van der Waals surface area contributed by atoms with Crippen LogP contribution in [0.4, 0.5) is 15.8 Å². The van der Waals surface area contributed by atoms with Gasteiger partial charge in [-0.25, -0.2) is 4.39 Å². The lowest BCUT2D eigenvalue weighted by Crippen LogP contribution is -2.23. The Kier molecular flexibility index (Phi) is 4.30. The molecule has 1 saturated carbocycles. The van der Waals surface area contributed by atoms with Crippen molar-refractivity contribution < 1.29 is 9.50 Å². The first-order valence-electron chi connectivity index (χ1n) is 6.22. The van der Waals surface area contributed by atoms with Crippen LogP contribution in [0.5, 0.6) is 0 Å². The summed E-state index contributed by atoms with van der Waals surface area (Å²) < 4.78 is 13.1. The first-order valence-corrected chi connectivity index (χ1v) is 6.60. The van der Waals surface area contributed by atoms with Crippen LogP contribution < -0.4 is 11.1 Å². The number of nitrogens with one attached hydrogen (secondary N) is 1. The van der Waals surface area contributed by atoms with Gasteiger partial charge >= 0.3 is 0 Å². The maximum absolute atomic E-state index is 13.1. The van der Waals surface area contributed by atoms with E-state index in [9.17, 15) is 9.50 Å².